The van der Waals surface area contributed by atoms with E-state index in [1.165, 1.54) is 17.7 Å². The van der Waals surface area contributed by atoms with Crippen LogP contribution in [0.4, 0.5) is 4.39 Å². The van der Waals surface area contributed by atoms with E-state index in [1.54, 1.807) is 25.1 Å². The van der Waals surface area contributed by atoms with Crippen LogP contribution in [-0.4, -0.2) is 22.5 Å². The fraction of sp³-hybridized carbons (Fsp3) is 0.190. The molecule has 0 atom stereocenters. The van der Waals surface area contributed by atoms with Gasteiger partial charge < -0.3 is 10.1 Å². The minimum atomic E-state index is -0.326. The molecule has 0 aliphatic carbocycles. The molecule has 0 unspecified atom stereocenters. The highest BCUT2D eigenvalue weighted by Gasteiger charge is 2.08. The Kier molecular flexibility index (Phi) is 5.76. The van der Waals surface area contributed by atoms with E-state index in [9.17, 15) is 9.18 Å². The van der Waals surface area contributed by atoms with E-state index in [-0.39, 0.29) is 18.3 Å². The molecule has 2 aromatic carbocycles. The topological polar surface area (TPSA) is 64.1 Å². The average molecular weight is 365 g/mol. The van der Waals surface area contributed by atoms with E-state index in [4.69, 9.17) is 4.74 Å². The minimum absolute atomic E-state index is 0.148. The molecule has 0 bridgehead atoms. The quantitative estimate of drug-likeness (QED) is 0.725. The highest BCUT2D eigenvalue weighted by Crippen LogP contribution is 2.19. The summed E-state index contributed by atoms with van der Waals surface area (Å²) < 4.78 is 18.6. The van der Waals surface area contributed by atoms with Gasteiger partial charge in [-0.15, -0.1) is 0 Å². The third-order valence-electron chi connectivity index (χ3n) is 3.89. The summed E-state index contributed by atoms with van der Waals surface area (Å²) in [5, 5.41) is 2.81. The third kappa shape index (κ3) is 5.34. The van der Waals surface area contributed by atoms with Crippen molar-refractivity contribution in [3.8, 4) is 17.3 Å². The van der Waals surface area contributed by atoms with E-state index >= 15 is 0 Å². The van der Waals surface area contributed by atoms with Crippen LogP contribution in [0.3, 0.4) is 0 Å². The van der Waals surface area contributed by atoms with Crippen molar-refractivity contribution in [3.63, 3.8) is 0 Å². The van der Waals surface area contributed by atoms with E-state index in [0.29, 0.717) is 29.5 Å². The molecule has 1 heterocycles. The van der Waals surface area contributed by atoms with Gasteiger partial charge in [0, 0.05) is 23.9 Å². The normalized spacial score (nSPS) is 10.5. The maximum absolute atomic E-state index is 13.1. The van der Waals surface area contributed by atoms with E-state index in [0.717, 1.165) is 5.56 Å². The summed E-state index contributed by atoms with van der Waals surface area (Å²) in [6.07, 6.45) is 0. The van der Waals surface area contributed by atoms with Crippen molar-refractivity contribution in [1.29, 1.82) is 0 Å². The van der Waals surface area contributed by atoms with Crippen LogP contribution in [0.2, 0.25) is 0 Å². The molecule has 0 aliphatic rings. The number of aromatic nitrogens is 2. The summed E-state index contributed by atoms with van der Waals surface area (Å²) in [5.74, 6) is 0.153. The zero-order valence-corrected chi connectivity index (χ0v) is 15.2. The maximum Gasteiger partial charge on any atom is 0.258 e. The van der Waals surface area contributed by atoms with E-state index < -0.39 is 0 Å². The predicted molar refractivity (Wildman–Crippen MR) is 101 cm³/mol. The summed E-state index contributed by atoms with van der Waals surface area (Å²) in [6, 6.07) is 15.5. The number of ether oxygens (including phenoxy) is 1. The largest absolute Gasteiger partial charge is 0.467 e. The second-order valence-electron chi connectivity index (χ2n) is 6.23. The fourth-order valence-electron chi connectivity index (χ4n) is 2.44. The van der Waals surface area contributed by atoms with Gasteiger partial charge in [-0.25, -0.2) is 9.37 Å². The Morgan fingerprint density at radius 3 is 2.44 bits per heavy atom. The van der Waals surface area contributed by atoms with Crippen molar-refractivity contribution in [1.82, 2.24) is 15.3 Å². The smallest absolute Gasteiger partial charge is 0.258 e. The van der Waals surface area contributed by atoms with Gasteiger partial charge in [0.2, 0.25) is 5.88 Å². The second-order valence-corrected chi connectivity index (χ2v) is 6.23. The van der Waals surface area contributed by atoms with Crippen LogP contribution in [0.1, 0.15) is 16.8 Å². The first-order chi connectivity index (χ1) is 13.0. The van der Waals surface area contributed by atoms with Crippen LogP contribution in [0, 0.1) is 19.7 Å². The first kappa shape index (κ1) is 18.5. The molecule has 27 heavy (non-hydrogen) atoms. The molecule has 0 aliphatic heterocycles. The average Bonchev–Trinajstić information content (AvgIpc) is 2.66. The van der Waals surface area contributed by atoms with Crippen LogP contribution < -0.4 is 10.1 Å². The Labute approximate surface area is 157 Å². The van der Waals surface area contributed by atoms with Crippen LogP contribution in [0.5, 0.6) is 5.88 Å². The number of halogens is 1. The molecule has 1 aromatic heterocycles. The molecule has 3 rings (SSSR count). The zero-order valence-electron chi connectivity index (χ0n) is 15.2. The number of carbonyl (C=O) groups is 1. The molecule has 138 valence electrons. The highest BCUT2D eigenvalue weighted by atomic mass is 19.1. The van der Waals surface area contributed by atoms with Crippen molar-refractivity contribution in [2.45, 2.75) is 20.4 Å². The first-order valence-electron chi connectivity index (χ1n) is 8.56. The van der Waals surface area contributed by atoms with Crippen LogP contribution >= 0.6 is 0 Å². The highest BCUT2D eigenvalue weighted by molar-refractivity contribution is 5.77. The summed E-state index contributed by atoms with van der Waals surface area (Å²) >= 11 is 0. The molecule has 0 fully saturated rings. The van der Waals surface area contributed by atoms with Crippen molar-refractivity contribution < 1.29 is 13.9 Å². The predicted octanol–water partition coefficient (Wildman–Crippen LogP) is 3.59. The molecule has 0 saturated carbocycles. The number of benzene rings is 2. The fourth-order valence-corrected chi connectivity index (χ4v) is 2.44. The lowest BCUT2D eigenvalue weighted by Crippen LogP contribution is -2.28. The minimum Gasteiger partial charge on any atom is -0.467 e. The maximum atomic E-state index is 13.1. The Balaban J connectivity index is 1.59. The molecule has 6 heteroatoms. The van der Waals surface area contributed by atoms with Gasteiger partial charge in [0.15, 0.2) is 12.4 Å². The van der Waals surface area contributed by atoms with Gasteiger partial charge in [0.25, 0.3) is 5.91 Å². The number of amides is 1. The number of rotatable bonds is 6. The van der Waals surface area contributed by atoms with Crippen LogP contribution in [0.15, 0.2) is 54.6 Å². The Hall–Kier alpha value is -3.28. The third-order valence-corrected chi connectivity index (χ3v) is 3.89. The number of nitrogens with zero attached hydrogens (tertiary/aromatic N) is 2. The second kappa shape index (κ2) is 8.40. The Morgan fingerprint density at radius 1 is 1.04 bits per heavy atom. The van der Waals surface area contributed by atoms with Gasteiger partial charge in [0.05, 0.1) is 0 Å². The summed E-state index contributed by atoms with van der Waals surface area (Å²) in [5.41, 5.74) is 3.56. The van der Waals surface area contributed by atoms with Gasteiger partial charge in [-0.1, -0.05) is 29.8 Å². The van der Waals surface area contributed by atoms with Crippen molar-refractivity contribution >= 4 is 5.91 Å². The van der Waals surface area contributed by atoms with Crippen molar-refractivity contribution in [2.24, 2.45) is 0 Å². The molecular formula is C21H20FN3O2. The van der Waals surface area contributed by atoms with Gasteiger partial charge >= 0.3 is 0 Å². The lowest BCUT2D eigenvalue weighted by atomic mass is 10.1. The molecule has 5 nitrogen and oxygen atoms in total. The van der Waals surface area contributed by atoms with Gasteiger partial charge in [-0.05, 0) is 43.7 Å². The number of nitrogens with one attached hydrogen (secondary N) is 1. The molecule has 0 spiro atoms. The number of hydrogen-bond acceptors (Lipinski definition) is 4. The molecule has 3 aromatic rings. The molecule has 0 radical (unpaired) electrons. The molecular weight excluding hydrogens is 345 g/mol. The SMILES string of the molecule is Cc1ccc(CNC(=O)COc2cc(C)nc(-c3ccc(F)cc3)n2)cc1. The Bertz CT molecular complexity index is 925. The van der Waals surface area contributed by atoms with Crippen LogP contribution in [-0.2, 0) is 11.3 Å². The summed E-state index contributed by atoms with van der Waals surface area (Å²) in [7, 11) is 0. The number of hydrogen-bond donors (Lipinski definition) is 1. The lowest BCUT2D eigenvalue weighted by Gasteiger charge is -2.09. The molecule has 0 saturated heterocycles. The molecule has 1 N–H and O–H groups in total. The van der Waals surface area contributed by atoms with Gasteiger partial charge in [-0.2, -0.15) is 4.98 Å². The van der Waals surface area contributed by atoms with Crippen molar-refractivity contribution in [3.05, 3.63) is 77.2 Å². The lowest BCUT2D eigenvalue weighted by molar-refractivity contribution is -0.123. The van der Waals surface area contributed by atoms with Gasteiger partial charge in [0.1, 0.15) is 5.82 Å². The van der Waals surface area contributed by atoms with Crippen LogP contribution in [0.25, 0.3) is 11.4 Å². The summed E-state index contributed by atoms with van der Waals surface area (Å²) in [4.78, 5) is 20.6. The molecule has 1 amide bonds. The standard InChI is InChI=1S/C21H20FN3O2/c1-14-3-5-16(6-4-14)12-23-19(26)13-27-20-11-15(2)24-21(25-20)17-7-9-18(22)10-8-17/h3-11H,12-13H2,1-2H3,(H,23,26). The monoisotopic (exact) mass is 365 g/mol. The number of aryl methyl sites for hydroxylation is 2. The zero-order chi connectivity index (χ0) is 19.2. The first-order valence-corrected chi connectivity index (χ1v) is 8.56. The van der Waals surface area contributed by atoms with Gasteiger partial charge in [-0.3, -0.25) is 4.79 Å². The Morgan fingerprint density at radius 2 is 1.74 bits per heavy atom. The van der Waals surface area contributed by atoms with E-state index in [2.05, 4.69) is 15.3 Å². The van der Waals surface area contributed by atoms with E-state index in [1.807, 2.05) is 31.2 Å². The number of carbonyl (C=O) groups excluding carboxylic acids is 1. The summed E-state index contributed by atoms with van der Waals surface area (Å²) in [6.45, 7) is 4.11. The van der Waals surface area contributed by atoms with Crippen molar-refractivity contribution in [2.75, 3.05) is 6.61 Å².